The first kappa shape index (κ1) is 27.6. The van der Waals surface area contributed by atoms with E-state index in [0.717, 1.165) is 59.1 Å². The lowest BCUT2D eigenvalue weighted by molar-refractivity contribution is -0.113. The lowest BCUT2D eigenvalue weighted by atomic mass is 9.73. The molecule has 3 heteroatoms. The Balaban J connectivity index is 1.77. The standard InChI is InChI=1S/C34H47NO2/c1-33(2,3)28-20-25(21-29(32(28)37)34(4,5)6)30(35)19-22-17-26(23-13-9-7-10-14-23)31(36)27(18-22)24-15-11-8-12-16-24/h17-21,23-24,35,37H,7-16H2,1-6H3. The second-order valence-corrected chi connectivity index (χ2v) is 13.7. The number of rotatable bonds is 4. The predicted molar refractivity (Wildman–Crippen MR) is 155 cm³/mol. The molecule has 200 valence electrons. The Hall–Kier alpha value is -2.42. The molecule has 4 rings (SSSR count). The van der Waals surface area contributed by atoms with Gasteiger partial charge in [0.05, 0.1) is 5.71 Å². The number of phenols is 1. The molecule has 3 nitrogen and oxygen atoms in total. The molecule has 1 aromatic rings. The highest BCUT2D eigenvalue weighted by Crippen LogP contribution is 2.41. The molecule has 0 aliphatic heterocycles. The smallest absolute Gasteiger partial charge is 0.185 e. The van der Waals surface area contributed by atoms with E-state index >= 15 is 0 Å². The van der Waals surface area contributed by atoms with E-state index in [1.165, 1.54) is 38.5 Å². The van der Waals surface area contributed by atoms with Crippen LogP contribution in [0.2, 0.25) is 0 Å². The highest BCUT2D eigenvalue weighted by molar-refractivity contribution is 6.13. The zero-order valence-electron chi connectivity index (χ0n) is 24.0. The Kier molecular flexibility index (Phi) is 8.02. The molecule has 0 saturated heterocycles. The molecule has 0 unspecified atom stereocenters. The van der Waals surface area contributed by atoms with Gasteiger partial charge in [-0.05, 0) is 84.3 Å². The molecule has 1 aromatic carbocycles. The van der Waals surface area contributed by atoms with Crippen molar-refractivity contribution in [1.29, 1.82) is 5.41 Å². The Morgan fingerprint density at radius 3 is 1.57 bits per heavy atom. The van der Waals surface area contributed by atoms with Gasteiger partial charge in [0.25, 0.3) is 0 Å². The van der Waals surface area contributed by atoms with Crippen molar-refractivity contribution in [2.24, 2.45) is 11.8 Å². The summed E-state index contributed by atoms with van der Waals surface area (Å²) >= 11 is 0. The fourth-order valence-corrected chi connectivity index (χ4v) is 6.40. The molecular weight excluding hydrogens is 454 g/mol. The first-order valence-corrected chi connectivity index (χ1v) is 14.5. The summed E-state index contributed by atoms with van der Waals surface area (Å²) in [6.45, 7) is 12.6. The second kappa shape index (κ2) is 10.8. The van der Waals surface area contributed by atoms with E-state index in [2.05, 4.69) is 53.7 Å². The molecule has 37 heavy (non-hydrogen) atoms. The van der Waals surface area contributed by atoms with Crippen molar-refractivity contribution in [2.45, 2.75) is 117 Å². The molecule has 0 radical (unpaired) electrons. The molecule has 3 aliphatic rings. The quantitative estimate of drug-likeness (QED) is 0.405. The fourth-order valence-electron chi connectivity index (χ4n) is 6.40. The number of hydrogen-bond donors (Lipinski definition) is 2. The minimum atomic E-state index is -0.243. The topological polar surface area (TPSA) is 61.2 Å². The van der Waals surface area contributed by atoms with Gasteiger partial charge in [0.2, 0.25) is 0 Å². The highest BCUT2D eigenvalue weighted by Gasteiger charge is 2.32. The van der Waals surface area contributed by atoms with Crippen molar-refractivity contribution in [3.8, 4) is 5.75 Å². The summed E-state index contributed by atoms with van der Waals surface area (Å²) in [6, 6.07) is 3.96. The second-order valence-electron chi connectivity index (χ2n) is 13.7. The Labute approximate surface area is 224 Å². The molecule has 0 bridgehead atoms. The van der Waals surface area contributed by atoms with Gasteiger partial charge >= 0.3 is 0 Å². The largest absolute Gasteiger partial charge is 0.507 e. The molecule has 0 amide bonds. The number of carbonyl (C=O) groups is 1. The van der Waals surface area contributed by atoms with Crippen molar-refractivity contribution < 1.29 is 9.90 Å². The number of allylic oxidation sites excluding steroid dienone is 6. The van der Waals surface area contributed by atoms with Crippen LogP contribution in [-0.4, -0.2) is 16.6 Å². The average molecular weight is 502 g/mol. The third-order valence-electron chi connectivity index (χ3n) is 8.61. The van der Waals surface area contributed by atoms with Crippen LogP contribution in [0.4, 0.5) is 0 Å². The molecule has 2 N–H and O–H groups in total. The number of benzene rings is 1. The maximum atomic E-state index is 13.7. The summed E-state index contributed by atoms with van der Waals surface area (Å²) < 4.78 is 0. The number of hydrogen-bond acceptors (Lipinski definition) is 3. The van der Waals surface area contributed by atoms with Gasteiger partial charge in [-0.25, -0.2) is 0 Å². The van der Waals surface area contributed by atoms with E-state index in [4.69, 9.17) is 5.41 Å². The zero-order valence-corrected chi connectivity index (χ0v) is 24.0. The fraction of sp³-hybridized carbons (Fsp3) is 0.588. The third-order valence-corrected chi connectivity index (χ3v) is 8.61. The number of Topliss-reactive ketones (excluding diaryl/α,β-unsaturated/α-hetero) is 1. The van der Waals surface area contributed by atoms with Crippen LogP contribution in [0, 0.1) is 17.2 Å². The number of ketones is 1. The van der Waals surface area contributed by atoms with E-state index in [-0.39, 0.29) is 16.6 Å². The van der Waals surface area contributed by atoms with Crippen molar-refractivity contribution in [3.05, 3.63) is 63.8 Å². The summed E-state index contributed by atoms with van der Waals surface area (Å²) in [7, 11) is 0. The van der Waals surface area contributed by atoms with Gasteiger partial charge in [0.15, 0.2) is 5.78 Å². The number of aromatic hydroxyl groups is 1. The van der Waals surface area contributed by atoms with Crippen molar-refractivity contribution in [1.82, 2.24) is 0 Å². The number of phenolic OH excluding ortho intramolecular Hbond substituents is 1. The lowest BCUT2D eigenvalue weighted by Gasteiger charge is -2.31. The van der Waals surface area contributed by atoms with Crippen LogP contribution in [0.3, 0.4) is 0 Å². The number of nitrogens with one attached hydrogen (secondary N) is 1. The van der Waals surface area contributed by atoms with Crippen LogP contribution in [0.1, 0.15) is 122 Å². The minimum Gasteiger partial charge on any atom is -0.507 e. The Bertz CT molecular complexity index is 1060. The predicted octanol–water partition coefficient (Wildman–Crippen LogP) is 8.88. The van der Waals surface area contributed by atoms with Crippen LogP contribution in [0.15, 0.2) is 47.1 Å². The van der Waals surface area contributed by atoms with Crippen LogP contribution in [0.5, 0.6) is 5.75 Å². The van der Waals surface area contributed by atoms with E-state index in [9.17, 15) is 9.90 Å². The molecule has 0 heterocycles. The summed E-state index contributed by atoms with van der Waals surface area (Å²) in [4.78, 5) is 13.7. The van der Waals surface area contributed by atoms with Crippen LogP contribution < -0.4 is 0 Å². The average Bonchev–Trinajstić information content (AvgIpc) is 2.84. The van der Waals surface area contributed by atoms with Gasteiger partial charge in [-0.3, -0.25) is 4.79 Å². The molecule has 3 aliphatic carbocycles. The van der Waals surface area contributed by atoms with E-state index in [1.54, 1.807) is 0 Å². The monoisotopic (exact) mass is 501 g/mol. The van der Waals surface area contributed by atoms with Crippen molar-refractivity contribution in [3.63, 3.8) is 0 Å². The molecule has 0 atom stereocenters. The maximum Gasteiger partial charge on any atom is 0.185 e. The van der Waals surface area contributed by atoms with E-state index in [0.29, 0.717) is 23.3 Å². The minimum absolute atomic E-state index is 0.243. The number of carbonyl (C=O) groups excluding carboxylic acids is 1. The maximum absolute atomic E-state index is 13.7. The van der Waals surface area contributed by atoms with Gasteiger partial charge in [-0.2, -0.15) is 0 Å². The molecular formula is C34H47NO2. The summed E-state index contributed by atoms with van der Waals surface area (Å²) in [5.74, 6) is 1.31. The van der Waals surface area contributed by atoms with Gasteiger partial charge < -0.3 is 10.5 Å². The first-order chi connectivity index (χ1) is 17.4. The van der Waals surface area contributed by atoms with Gasteiger partial charge in [0.1, 0.15) is 5.75 Å². The molecule has 2 fully saturated rings. The summed E-state index contributed by atoms with van der Waals surface area (Å²) in [5.41, 5.74) is 5.45. The molecule has 2 saturated carbocycles. The lowest BCUT2D eigenvalue weighted by Crippen LogP contribution is -2.25. The SMILES string of the molecule is CC(C)(C)c1cc(C(=N)C=C2C=C(C3CCCCC3)C(=O)C(C3CCCCC3)=C2)cc(C(C)(C)C)c1O. The van der Waals surface area contributed by atoms with Crippen LogP contribution >= 0.6 is 0 Å². The summed E-state index contributed by atoms with van der Waals surface area (Å²) in [6.07, 6.45) is 17.9. The van der Waals surface area contributed by atoms with Crippen LogP contribution in [-0.2, 0) is 15.6 Å². The third kappa shape index (κ3) is 6.19. The first-order valence-electron chi connectivity index (χ1n) is 14.5. The Morgan fingerprint density at radius 1 is 0.784 bits per heavy atom. The van der Waals surface area contributed by atoms with Gasteiger partial charge in [-0.15, -0.1) is 0 Å². The van der Waals surface area contributed by atoms with Gasteiger partial charge in [0, 0.05) is 27.8 Å². The molecule has 0 aromatic heterocycles. The normalized spacial score (nSPS) is 20.5. The zero-order chi connectivity index (χ0) is 27.0. The van der Waals surface area contributed by atoms with E-state index < -0.39 is 0 Å². The van der Waals surface area contributed by atoms with Gasteiger partial charge in [-0.1, -0.05) is 80.1 Å². The van der Waals surface area contributed by atoms with Crippen LogP contribution in [0.25, 0.3) is 0 Å². The van der Waals surface area contributed by atoms with Crippen molar-refractivity contribution in [2.75, 3.05) is 0 Å². The summed E-state index contributed by atoms with van der Waals surface area (Å²) in [5, 5.41) is 20.2. The Morgan fingerprint density at radius 2 is 1.19 bits per heavy atom. The highest BCUT2D eigenvalue weighted by atomic mass is 16.3. The van der Waals surface area contributed by atoms with E-state index in [1.807, 2.05) is 18.2 Å². The van der Waals surface area contributed by atoms with Crippen molar-refractivity contribution >= 4 is 11.5 Å². The molecule has 0 spiro atoms.